The Labute approximate surface area is 380 Å². The van der Waals surface area contributed by atoms with Crippen molar-refractivity contribution in [3.63, 3.8) is 0 Å². The molecule has 0 radical (unpaired) electrons. The number of hydrogen-bond donors (Lipinski definition) is 0. The Morgan fingerprint density at radius 3 is 1.76 bits per heavy atom. The van der Waals surface area contributed by atoms with Gasteiger partial charge in [0, 0.05) is 0 Å². The van der Waals surface area contributed by atoms with Gasteiger partial charge < -0.3 is 0 Å². The summed E-state index contributed by atoms with van der Waals surface area (Å²) in [4.78, 5) is 2.26. The van der Waals surface area contributed by atoms with Crippen LogP contribution in [0, 0.1) is 31.5 Å². The van der Waals surface area contributed by atoms with Crippen LogP contribution in [0.1, 0.15) is 18.9 Å². The first kappa shape index (κ1) is 39.7. The number of nitrogens with zero attached hydrogens (tertiary/aromatic N) is 3. The first-order valence-electron chi connectivity index (χ1n) is 20.7. The van der Waals surface area contributed by atoms with Gasteiger partial charge in [-0.05, 0) is 12.1 Å². The minimum absolute atomic E-state index is 0.451. The van der Waals surface area contributed by atoms with E-state index in [-0.39, 0.29) is 0 Å². The number of anilines is 3. The van der Waals surface area contributed by atoms with Crippen LogP contribution < -0.4 is 28.1 Å². The Bertz CT molecular complexity index is 3090. The number of ether oxygens (including phenoxy) is 1. The molecule has 10 rings (SSSR count). The summed E-state index contributed by atoms with van der Waals surface area (Å²) in [5.74, 6) is 2.00. The molecule has 0 amide bonds. The van der Waals surface area contributed by atoms with E-state index in [1.807, 2.05) is 66.7 Å². The van der Waals surface area contributed by atoms with Gasteiger partial charge in [0.15, 0.2) is 0 Å². The summed E-state index contributed by atoms with van der Waals surface area (Å²) >= 11 is -1.06. The van der Waals surface area contributed by atoms with Gasteiger partial charge in [-0.25, -0.2) is 0 Å². The van der Waals surface area contributed by atoms with Crippen molar-refractivity contribution in [3.8, 4) is 23.3 Å². The summed E-state index contributed by atoms with van der Waals surface area (Å²) in [5, 5.41) is 12.1. The standard InChI is InChI=1S/C56H42I2N3O/c1-40-12-11-17-45(36-40)58(43-13-5-2-6-14-43,44-15-7-3-8-16-44)46-24-34-55-53(37-46)54-38-50(31-35-56(54)61(55)49-27-22-42(57)23-28-49)60(47-25-20-41(39-59)21-26-47)48-29-32-52(33-30-48)62-51-18-9-4-10-19-51/h2-35,37-38,40H,36H2,1H3/q-1. The summed E-state index contributed by atoms with van der Waals surface area (Å²) in [5.41, 5.74) is 6.98. The van der Waals surface area contributed by atoms with Crippen molar-refractivity contribution >= 4 is 61.5 Å². The molecule has 0 saturated heterocycles. The van der Waals surface area contributed by atoms with E-state index in [1.165, 1.54) is 25.1 Å². The molecule has 9 aromatic rings. The number of allylic oxidation sites excluding steroid dienone is 4. The Balaban J connectivity index is 1.22. The van der Waals surface area contributed by atoms with Crippen LogP contribution in [0.4, 0.5) is 17.1 Å². The van der Waals surface area contributed by atoms with Crippen LogP contribution >= 0.6 is 22.6 Å². The predicted octanol–water partition coefficient (Wildman–Crippen LogP) is 12.1. The first-order valence-corrected chi connectivity index (χ1v) is 26.1. The van der Waals surface area contributed by atoms with Crippen LogP contribution in [0.2, 0.25) is 0 Å². The van der Waals surface area contributed by atoms with Crippen LogP contribution in [0.3, 0.4) is 0 Å². The SMILES string of the molecule is CC1C=CC=C([I-](c2ccccc2)(c2ccccc2)c2ccc3c(c2)c2cc(N(c4ccc(C#N)cc4)c4ccc(Oc5ccccc5)cc4)ccc2n3-c2ccc(I)cc2)C1. The molecule has 302 valence electrons. The number of rotatable bonds is 10. The van der Waals surface area contributed by atoms with E-state index < -0.39 is 18.4 Å². The van der Waals surface area contributed by atoms with Crippen molar-refractivity contribution in [2.24, 2.45) is 5.92 Å². The maximum atomic E-state index is 9.72. The summed E-state index contributed by atoms with van der Waals surface area (Å²) in [6, 6.07) is 73.8. The molecule has 6 heteroatoms. The van der Waals surface area contributed by atoms with Crippen LogP contribution in [-0.4, -0.2) is 4.57 Å². The molecule has 4 nitrogen and oxygen atoms in total. The third kappa shape index (κ3) is 7.39. The van der Waals surface area contributed by atoms with Crippen molar-refractivity contribution in [1.82, 2.24) is 4.57 Å². The van der Waals surface area contributed by atoms with Crippen molar-refractivity contribution in [1.29, 1.82) is 5.26 Å². The molecule has 0 fully saturated rings. The number of benzene rings is 8. The van der Waals surface area contributed by atoms with Gasteiger partial charge in [0.05, 0.1) is 0 Å². The topological polar surface area (TPSA) is 41.2 Å². The molecule has 8 aromatic carbocycles. The molecule has 0 aliphatic heterocycles. The normalized spacial score (nSPS) is 14.0. The summed E-state index contributed by atoms with van der Waals surface area (Å²) < 4.78 is 15.6. The number of nitriles is 1. The fourth-order valence-electron chi connectivity index (χ4n) is 8.60. The second kappa shape index (κ2) is 17.2. The van der Waals surface area contributed by atoms with Crippen LogP contribution in [-0.2, 0) is 0 Å². The Morgan fingerprint density at radius 2 is 1.15 bits per heavy atom. The fraction of sp³-hybridized carbons (Fsp3) is 0.0536. The molecule has 0 bridgehead atoms. The van der Waals surface area contributed by atoms with E-state index in [4.69, 9.17) is 4.74 Å². The molecule has 1 aromatic heterocycles. The van der Waals surface area contributed by atoms with Gasteiger partial charge in [0.2, 0.25) is 0 Å². The van der Waals surface area contributed by atoms with Gasteiger partial charge in [-0.1, -0.05) is 18.2 Å². The molecule has 1 atom stereocenters. The Morgan fingerprint density at radius 1 is 0.597 bits per heavy atom. The average molecular weight is 1030 g/mol. The number of halogens is 2. The van der Waals surface area contributed by atoms with Gasteiger partial charge in [0.25, 0.3) is 0 Å². The van der Waals surface area contributed by atoms with E-state index in [2.05, 4.69) is 197 Å². The van der Waals surface area contributed by atoms with Crippen LogP contribution in [0.5, 0.6) is 11.5 Å². The molecule has 1 aliphatic rings. The van der Waals surface area contributed by atoms with Gasteiger partial charge >= 0.3 is 342 Å². The molecule has 0 N–H and O–H groups in total. The summed E-state index contributed by atoms with van der Waals surface area (Å²) in [7, 11) is 0. The summed E-state index contributed by atoms with van der Waals surface area (Å²) in [6.45, 7) is 2.34. The van der Waals surface area contributed by atoms with Gasteiger partial charge in [0.1, 0.15) is 5.75 Å². The van der Waals surface area contributed by atoms with Gasteiger partial charge in [-0.2, -0.15) is 5.26 Å². The van der Waals surface area contributed by atoms with E-state index in [1.54, 1.807) is 3.58 Å². The zero-order chi connectivity index (χ0) is 42.0. The number of para-hydroxylation sites is 1. The van der Waals surface area contributed by atoms with Crippen LogP contribution in [0.15, 0.2) is 222 Å². The summed E-state index contributed by atoms with van der Waals surface area (Å²) in [6.07, 6.45) is 8.09. The minimum atomic E-state index is -3.44. The third-order valence-corrected chi connectivity index (χ3v) is 22.7. The van der Waals surface area contributed by atoms with Crippen molar-refractivity contribution in [2.75, 3.05) is 4.90 Å². The monoisotopic (exact) mass is 1030 g/mol. The maximum absolute atomic E-state index is 9.72. The number of hydrogen-bond acceptors (Lipinski definition) is 3. The molecule has 1 heterocycles. The van der Waals surface area contributed by atoms with Crippen molar-refractivity contribution in [2.45, 2.75) is 13.3 Å². The molecule has 62 heavy (non-hydrogen) atoms. The average Bonchev–Trinajstić information content (AvgIpc) is 3.64. The van der Waals surface area contributed by atoms with Crippen LogP contribution in [0.25, 0.3) is 27.5 Å². The molecule has 1 unspecified atom stereocenters. The van der Waals surface area contributed by atoms with Gasteiger partial charge in [-0.3, -0.25) is 0 Å². The predicted molar refractivity (Wildman–Crippen MR) is 259 cm³/mol. The second-order valence-corrected chi connectivity index (χ2v) is 25.0. The number of aromatic nitrogens is 1. The zero-order valence-corrected chi connectivity index (χ0v) is 38.4. The number of fused-ring (bicyclic) bond motifs is 3. The Hall–Kier alpha value is -6.41. The zero-order valence-electron chi connectivity index (χ0n) is 34.1. The molecular weight excluding hydrogens is 984 g/mol. The van der Waals surface area contributed by atoms with E-state index in [0.29, 0.717) is 11.5 Å². The quantitative estimate of drug-likeness (QED) is 0.128. The van der Waals surface area contributed by atoms with Crippen molar-refractivity contribution < 1.29 is 23.2 Å². The van der Waals surface area contributed by atoms with E-state index >= 15 is 0 Å². The molecule has 0 saturated carbocycles. The third-order valence-electron chi connectivity index (χ3n) is 11.4. The molecular formula is C56H42I2N3O-. The van der Waals surface area contributed by atoms with Gasteiger partial charge in [-0.15, -0.1) is 0 Å². The first-order chi connectivity index (χ1) is 30.5. The van der Waals surface area contributed by atoms with Crippen molar-refractivity contribution in [3.05, 3.63) is 242 Å². The molecule has 0 spiro atoms. The van der Waals surface area contributed by atoms with E-state index in [0.717, 1.165) is 51.7 Å². The second-order valence-electron chi connectivity index (χ2n) is 15.4. The Kier molecular flexibility index (Phi) is 11.0. The molecule has 1 aliphatic carbocycles. The van der Waals surface area contributed by atoms with E-state index in [9.17, 15) is 5.26 Å². The fourth-order valence-corrected chi connectivity index (χ4v) is 20.1.